The van der Waals surface area contributed by atoms with Gasteiger partial charge in [0.1, 0.15) is 11.6 Å². The molecule has 0 aromatic heterocycles. The maximum Gasteiger partial charge on any atom is 0.320 e. The lowest BCUT2D eigenvalue weighted by Gasteiger charge is -2.39. The van der Waals surface area contributed by atoms with E-state index in [1.54, 1.807) is 6.07 Å². The Bertz CT molecular complexity index is 1340. The first-order valence-corrected chi connectivity index (χ1v) is 14.2. The molecule has 39 heavy (non-hydrogen) atoms. The number of hydrogen-bond donors (Lipinski definition) is 0. The van der Waals surface area contributed by atoms with E-state index in [0.29, 0.717) is 11.6 Å². The fourth-order valence-electron chi connectivity index (χ4n) is 6.46. The Hall–Kier alpha value is -3.16. The maximum absolute atomic E-state index is 14.3. The Morgan fingerprint density at radius 2 is 1.62 bits per heavy atom. The molecule has 5 nitrogen and oxygen atoms in total. The summed E-state index contributed by atoms with van der Waals surface area (Å²) in [6.07, 6.45) is 2.92. The Labute approximate surface area is 233 Å². The number of amides is 2. The third-order valence-electron chi connectivity index (χ3n) is 8.34. The molecule has 0 spiro atoms. The molecule has 2 saturated heterocycles. The van der Waals surface area contributed by atoms with E-state index in [1.807, 2.05) is 52.3 Å². The second-order valence-corrected chi connectivity index (χ2v) is 11.3. The van der Waals surface area contributed by atoms with Gasteiger partial charge in [-0.1, -0.05) is 23.7 Å². The quantitative estimate of drug-likeness (QED) is 0.294. The van der Waals surface area contributed by atoms with E-state index < -0.39 is 0 Å². The maximum atomic E-state index is 14.3. The van der Waals surface area contributed by atoms with Gasteiger partial charge in [0.05, 0.1) is 0 Å². The van der Waals surface area contributed by atoms with Gasteiger partial charge in [0.25, 0.3) is 0 Å². The Kier molecular flexibility index (Phi) is 7.45. The molecule has 2 fully saturated rings. The van der Waals surface area contributed by atoms with Crippen molar-refractivity contribution < 1.29 is 13.6 Å². The number of rotatable bonds is 8. The van der Waals surface area contributed by atoms with Crippen molar-refractivity contribution >= 4 is 29.0 Å². The molecule has 0 radical (unpaired) electrons. The van der Waals surface area contributed by atoms with Crippen molar-refractivity contribution in [1.29, 1.82) is 0 Å². The van der Waals surface area contributed by atoms with E-state index in [-0.39, 0.29) is 29.6 Å². The number of hydrogen-bond acceptors (Lipinski definition) is 3. The second-order valence-electron chi connectivity index (χ2n) is 10.8. The lowest BCUT2D eigenvalue weighted by atomic mass is 9.89. The predicted octanol–water partition coefficient (Wildman–Crippen LogP) is 6.65. The summed E-state index contributed by atoms with van der Waals surface area (Å²) in [5.41, 5.74) is 4.06. The van der Waals surface area contributed by atoms with E-state index in [0.717, 1.165) is 81.0 Å². The van der Waals surface area contributed by atoms with Crippen LogP contribution in [-0.4, -0.2) is 66.0 Å². The molecule has 2 atom stereocenters. The summed E-state index contributed by atoms with van der Waals surface area (Å²) in [5, 5.41) is 0.689. The number of fused-ring (bicyclic) bond motifs is 3. The standard InChI is InChI=1S/C31H33ClF2N4O/c32-23-5-3-4-22(18-23)20-37-17-16-36(31(37)39)14-2-1-13-35-15-12-30-28(21-35)27-19-25(34)8-11-29(27)38(30)26-9-6-24(33)7-10-26/h3-11,18-19,28,30H,1-2,12-17,20-21H2. The molecule has 0 aliphatic carbocycles. The van der Waals surface area contributed by atoms with Crippen LogP contribution in [-0.2, 0) is 6.54 Å². The van der Waals surface area contributed by atoms with E-state index >= 15 is 0 Å². The molecule has 2 amide bonds. The summed E-state index contributed by atoms with van der Waals surface area (Å²) < 4.78 is 27.9. The fraction of sp³-hybridized carbons (Fsp3) is 0.387. The SMILES string of the molecule is O=C1N(CCCCN2CCC3C(C2)c2cc(F)ccc2N3c2ccc(F)cc2)CCN1Cc1cccc(Cl)c1. The van der Waals surface area contributed by atoms with Crippen molar-refractivity contribution in [2.45, 2.75) is 37.8 Å². The first-order chi connectivity index (χ1) is 19.0. The summed E-state index contributed by atoms with van der Waals surface area (Å²) in [5.74, 6) is -0.270. The number of urea groups is 1. The smallest absolute Gasteiger partial charge is 0.320 e. The van der Waals surface area contributed by atoms with Crippen LogP contribution in [0.5, 0.6) is 0 Å². The van der Waals surface area contributed by atoms with Crippen LogP contribution in [0.4, 0.5) is 25.0 Å². The first kappa shape index (κ1) is 26.1. The zero-order valence-electron chi connectivity index (χ0n) is 21.9. The topological polar surface area (TPSA) is 30.0 Å². The van der Waals surface area contributed by atoms with Crippen molar-refractivity contribution in [1.82, 2.24) is 14.7 Å². The average molecular weight is 551 g/mol. The Balaban J connectivity index is 1.02. The van der Waals surface area contributed by atoms with Gasteiger partial charge in [-0.25, -0.2) is 13.6 Å². The molecule has 3 aromatic carbocycles. The average Bonchev–Trinajstić information content (AvgIpc) is 3.43. The minimum Gasteiger partial charge on any atom is -0.337 e. The van der Waals surface area contributed by atoms with Gasteiger partial charge in [0.2, 0.25) is 0 Å². The van der Waals surface area contributed by atoms with Crippen LogP contribution in [0.1, 0.15) is 36.3 Å². The van der Waals surface area contributed by atoms with E-state index in [4.69, 9.17) is 11.6 Å². The number of piperidine rings is 1. The number of likely N-dealkylation sites (tertiary alicyclic amines) is 1. The van der Waals surface area contributed by atoms with Gasteiger partial charge in [0, 0.05) is 67.6 Å². The minimum absolute atomic E-state index is 0.0984. The van der Waals surface area contributed by atoms with Crippen LogP contribution in [0, 0.1) is 11.6 Å². The highest BCUT2D eigenvalue weighted by Crippen LogP contribution is 2.48. The Morgan fingerprint density at radius 3 is 2.44 bits per heavy atom. The summed E-state index contributed by atoms with van der Waals surface area (Å²) in [7, 11) is 0. The van der Waals surface area contributed by atoms with Crippen LogP contribution in [0.25, 0.3) is 0 Å². The predicted molar refractivity (Wildman–Crippen MR) is 151 cm³/mol. The number of carbonyl (C=O) groups is 1. The van der Waals surface area contributed by atoms with Crippen molar-refractivity contribution in [3.05, 3.63) is 94.5 Å². The molecule has 3 aromatic rings. The number of unbranched alkanes of at least 4 members (excludes halogenated alkanes) is 1. The van der Waals surface area contributed by atoms with E-state index in [9.17, 15) is 13.6 Å². The number of carbonyl (C=O) groups excluding carboxylic acids is 1. The zero-order valence-corrected chi connectivity index (χ0v) is 22.7. The van der Waals surface area contributed by atoms with Gasteiger partial charge >= 0.3 is 6.03 Å². The Morgan fingerprint density at radius 1 is 0.846 bits per heavy atom. The number of anilines is 2. The number of benzene rings is 3. The van der Waals surface area contributed by atoms with Gasteiger partial charge in [-0.2, -0.15) is 0 Å². The summed E-state index contributed by atoms with van der Waals surface area (Å²) >= 11 is 6.10. The minimum atomic E-state index is -0.256. The van der Waals surface area contributed by atoms with Gasteiger partial charge < -0.3 is 19.6 Å². The molecule has 0 saturated carbocycles. The molecule has 2 unspecified atom stereocenters. The molecule has 3 aliphatic heterocycles. The molecular weight excluding hydrogens is 518 g/mol. The lowest BCUT2D eigenvalue weighted by molar-refractivity contribution is 0.182. The fourth-order valence-corrected chi connectivity index (χ4v) is 6.67. The van der Waals surface area contributed by atoms with Gasteiger partial charge in [-0.05, 0) is 91.5 Å². The van der Waals surface area contributed by atoms with Crippen molar-refractivity contribution in [2.75, 3.05) is 44.2 Å². The number of halogens is 3. The summed E-state index contributed by atoms with van der Waals surface area (Å²) in [6.45, 7) is 5.63. The van der Waals surface area contributed by atoms with Crippen LogP contribution in [0.15, 0.2) is 66.7 Å². The highest BCUT2D eigenvalue weighted by Gasteiger charge is 2.42. The monoisotopic (exact) mass is 550 g/mol. The molecular formula is C31H33ClF2N4O. The third kappa shape index (κ3) is 5.48. The van der Waals surface area contributed by atoms with Crippen molar-refractivity contribution in [2.24, 2.45) is 0 Å². The molecule has 0 bridgehead atoms. The van der Waals surface area contributed by atoms with Crippen molar-refractivity contribution in [3.63, 3.8) is 0 Å². The van der Waals surface area contributed by atoms with E-state index in [1.165, 1.54) is 18.2 Å². The molecule has 3 aliphatic rings. The first-order valence-electron chi connectivity index (χ1n) is 13.8. The van der Waals surface area contributed by atoms with E-state index in [2.05, 4.69) is 9.80 Å². The normalized spacial score (nSPS) is 21.0. The summed E-state index contributed by atoms with van der Waals surface area (Å²) in [4.78, 5) is 21.5. The largest absolute Gasteiger partial charge is 0.337 e. The molecule has 0 N–H and O–H groups in total. The second kappa shape index (κ2) is 11.1. The van der Waals surface area contributed by atoms with Crippen LogP contribution in [0.2, 0.25) is 5.02 Å². The van der Waals surface area contributed by atoms with Crippen LogP contribution < -0.4 is 4.90 Å². The molecule has 6 rings (SSSR count). The molecule has 3 heterocycles. The van der Waals surface area contributed by atoms with Crippen LogP contribution in [0.3, 0.4) is 0 Å². The summed E-state index contributed by atoms with van der Waals surface area (Å²) in [6, 6.07) is 19.7. The highest BCUT2D eigenvalue weighted by molar-refractivity contribution is 6.30. The molecule has 8 heteroatoms. The highest BCUT2D eigenvalue weighted by atomic mass is 35.5. The third-order valence-corrected chi connectivity index (χ3v) is 8.58. The van der Waals surface area contributed by atoms with Gasteiger partial charge in [-0.3, -0.25) is 0 Å². The van der Waals surface area contributed by atoms with Gasteiger partial charge in [0.15, 0.2) is 0 Å². The molecule has 204 valence electrons. The van der Waals surface area contributed by atoms with Gasteiger partial charge in [-0.15, -0.1) is 0 Å². The zero-order chi connectivity index (χ0) is 26.9. The lowest BCUT2D eigenvalue weighted by Crippen LogP contribution is -2.45. The number of nitrogens with zero attached hydrogens (tertiary/aromatic N) is 4. The van der Waals surface area contributed by atoms with Crippen molar-refractivity contribution in [3.8, 4) is 0 Å². The van der Waals surface area contributed by atoms with Crippen LogP contribution >= 0.6 is 11.6 Å².